The highest BCUT2D eigenvalue weighted by Crippen LogP contribution is 2.16. The first kappa shape index (κ1) is 11.5. The molecule has 0 aromatic carbocycles. The summed E-state index contributed by atoms with van der Waals surface area (Å²) < 4.78 is 5.13. The third-order valence-electron chi connectivity index (χ3n) is 2.53. The molecular formula is C10H20N2O2. The van der Waals surface area contributed by atoms with Crippen LogP contribution in [0.4, 0.5) is 0 Å². The van der Waals surface area contributed by atoms with Crippen molar-refractivity contribution < 1.29 is 9.53 Å². The zero-order valence-electron chi connectivity index (χ0n) is 9.30. The number of carbonyl (C=O) groups is 1. The van der Waals surface area contributed by atoms with Crippen LogP contribution < -0.4 is 5.32 Å². The molecule has 4 heteroatoms. The second kappa shape index (κ2) is 4.75. The molecule has 0 atom stereocenters. The lowest BCUT2D eigenvalue weighted by atomic mass is 10.0. The number of nitrogens with zero attached hydrogens (tertiary/aromatic N) is 1. The SMILES string of the molecule is CCOCC(=O)N1CCNCC1(C)C. The van der Waals surface area contributed by atoms with Crippen molar-refractivity contribution in [2.75, 3.05) is 32.8 Å². The van der Waals surface area contributed by atoms with E-state index >= 15 is 0 Å². The van der Waals surface area contributed by atoms with Crippen molar-refractivity contribution >= 4 is 5.91 Å². The summed E-state index contributed by atoms with van der Waals surface area (Å²) in [5, 5.41) is 3.28. The molecule has 1 fully saturated rings. The van der Waals surface area contributed by atoms with Crippen molar-refractivity contribution in [3.8, 4) is 0 Å². The zero-order valence-corrected chi connectivity index (χ0v) is 9.30. The molecule has 0 aliphatic carbocycles. The fourth-order valence-electron chi connectivity index (χ4n) is 1.71. The third-order valence-corrected chi connectivity index (χ3v) is 2.53. The summed E-state index contributed by atoms with van der Waals surface area (Å²) in [4.78, 5) is 13.6. The van der Waals surface area contributed by atoms with E-state index in [-0.39, 0.29) is 18.1 Å². The molecule has 0 unspecified atom stereocenters. The number of amides is 1. The van der Waals surface area contributed by atoms with Gasteiger partial charge in [0.15, 0.2) is 0 Å². The first-order valence-electron chi connectivity index (χ1n) is 5.17. The van der Waals surface area contributed by atoms with Gasteiger partial charge in [0.05, 0.1) is 0 Å². The van der Waals surface area contributed by atoms with Gasteiger partial charge in [-0.05, 0) is 20.8 Å². The summed E-state index contributed by atoms with van der Waals surface area (Å²) in [5.74, 6) is 0.0957. The summed E-state index contributed by atoms with van der Waals surface area (Å²) in [6.45, 7) is 9.35. The van der Waals surface area contributed by atoms with Gasteiger partial charge in [0.2, 0.25) is 5.91 Å². The first-order chi connectivity index (χ1) is 6.58. The van der Waals surface area contributed by atoms with E-state index in [1.165, 1.54) is 0 Å². The van der Waals surface area contributed by atoms with E-state index in [1.807, 2.05) is 11.8 Å². The predicted molar refractivity (Wildman–Crippen MR) is 55.2 cm³/mol. The Morgan fingerprint density at radius 3 is 2.86 bits per heavy atom. The first-order valence-corrected chi connectivity index (χ1v) is 5.17. The van der Waals surface area contributed by atoms with E-state index in [2.05, 4.69) is 19.2 Å². The monoisotopic (exact) mass is 200 g/mol. The maximum Gasteiger partial charge on any atom is 0.249 e. The third kappa shape index (κ3) is 2.69. The Kier molecular flexibility index (Phi) is 3.89. The molecule has 1 heterocycles. The van der Waals surface area contributed by atoms with Crippen molar-refractivity contribution in [3.63, 3.8) is 0 Å². The molecule has 0 aromatic heterocycles. The van der Waals surface area contributed by atoms with Gasteiger partial charge in [-0.25, -0.2) is 0 Å². The molecule has 0 bridgehead atoms. The minimum absolute atomic E-state index is 0.0908. The van der Waals surface area contributed by atoms with Crippen LogP contribution in [-0.4, -0.2) is 49.2 Å². The maximum atomic E-state index is 11.7. The van der Waals surface area contributed by atoms with E-state index in [4.69, 9.17) is 4.74 Å². The number of ether oxygens (including phenoxy) is 1. The van der Waals surface area contributed by atoms with E-state index in [1.54, 1.807) is 0 Å². The highest BCUT2D eigenvalue weighted by atomic mass is 16.5. The highest BCUT2D eigenvalue weighted by molar-refractivity contribution is 5.78. The molecule has 1 N–H and O–H groups in total. The predicted octanol–water partition coefficient (Wildman–Crippen LogP) is 0.233. The van der Waals surface area contributed by atoms with E-state index in [0.717, 1.165) is 19.6 Å². The zero-order chi connectivity index (χ0) is 10.6. The van der Waals surface area contributed by atoms with Gasteiger partial charge >= 0.3 is 0 Å². The van der Waals surface area contributed by atoms with E-state index in [0.29, 0.717) is 6.61 Å². The topological polar surface area (TPSA) is 41.6 Å². The van der Waals surface area contributed by atoms with Gasteiger partial charge in [-0.3, -0.25) is 4.79 Å². The molecule has 82 valence electrons. The van der Waals surface area contributed by atoms with Gasteiger partial charge in [0, 0.05) is 31.8 Å². The Labute approximate surface area is 85.6 Å². The molecule has 1 amide bonds. The molecule has 0 aromatic rings. The summed E-state index contributed by atoms with van der Waals surface area (Å²) in [7, 11) is 0. The van der Waals surface area contributed by atoms with Gasteiger partial charge in [-0.15, -0.1) is 0 Å². The maximum absolute atomic E-state index is 11.7. The van der Waals surface area contributed by atoms with Crippen molar-refractivity contribution in [3.05, 3.63) is 0 Å². The summed E-state index contributed by atoms with van der Waals surface area (Å²) in [6, 6.07) is 0. The lowest BCUT2D eigenvalue weighted by Gasteiger charge is -2.42. The van der Waals surface area contributed by atoms with Crippen LogP contribution in [0.3, 0.4) is 0 Å². The number of nitrogens with one attached hydrogen (secondary N) is 1. The van der Waals surface area contributed by atoms with Crippen molar-refractivity contribution in [1.82, 2.24) is 10.2 Å². The van der Waals surface area contributed by atoms with Crippen LogP contribution in [0.25, 0.3) is 0 Å². The van der Waals surface area contributed by atoms with Crippen LogP contribution in [-0.2, 0) is 9.53 Å². The fourth-order valence-corrected chi connectivity index (χ4v) is 1.71. The molecular weight excluding hydrogens is 180 g/mol. The number of piperazine rings is 1. The highest BCUT2D eigenvalue weighted by Gasteiger charge is 2.32. The quantitative estimate of drug-likeness (QED) is 0.709. The molecule has 1 aliphatic heterocycles. The molecule has 0 radical (unpaired) electrons. The molecule has 1 saturated heterocycles. The van der Waals surface area contributed by atoms with Crippen LogP contribution in [0.1, 0.15) is 20.8 Å². The lowest BCUT2D eigenvalue weighted by Crippen LogP contribution is -2.60. The Bertz CT molecular complexity index is 204. The number of hydrogen-bond acceptors (Lipinski definition) is 3. The molecule has 0 saturated carbocycles. The van der Waals surface area contributed by atoms with Gasteiger partial charge in [-0.2, -0.15) is 0 Å². The minimum atomic E-state index is -0.0908. The van der Waals surface area contributed by atoms with Crippen molar-refractivity contribution in [2.45, 2.75) is 26.3 Å². The minimum Gasteiger partial charge on any atom is -0.372 e. The lowest BCUT2D eigenvalue weighted by molar-refractivity contribution is -0.142. The van der Waals surface area contributed by atoms with Crippen LogP contribution in [0.5, 0.6) is 0 Å². The second-order valence-electron chi connectivity index (χ2n) is 4.17. The van der Waals surface area contributed by atoms with Crippen molar-refractivity contribution in [1.29, 1.82) is 0 Å². The van der Waals surface area contributed by atoms with Gasteiger partial charge < -0.3 is 15.0 Å². The summed E-state index contributed by atoms with van der Waals surface area (Å²) >= 11 is 0. The number of rotatable bonds is 3. The average molecular weight is 200 g/mol. The van der Waals surface area contributed by atoms with Crippen LogP contribution in [0, 0.1) is 0 Å². The van der Waals surface area contributed by atoms with Gasteiger partial charge in [-0.1, -0.05) is 0 Å². The Morgan fingerprint density at radius 2 is 2.29 bits per heavy atom. The number of hydrogen-bond donors (Lipinski definition) is 1. The largest absolute Gasteiger partial charge is 0.372 e. The molecule has 4 nitrogen and oxygen atoms in total. The smallest absolute Gasteiger partial charge is 0.249 e. The number of carbonyl (C=O) groups excluding carboxylic acids is 1. The summed E-state index contributed by atoms with van der Waals surface area (Å²) in [6.07, 6.45) is 0. The molecule has 14 heavy (non-hydrogen) atoms. The Balaban J connectivity index is 2.51. The van der Waals surface area contributed by atoms with Crippen LogP contribution >= 0.6 is 0 Å². The standard InChI is InChI=1S/C10H20N2O2/c1-4-14-7-9(13)12-6-5-11-8-10(12,2)3/h11H,4-8H2,1-3H3. The molecule has 1 rings (SSSR count). The Hall–Kier alpha value is -0.610. The Morgan fingerprint density at radius 1 is 1.57 bits per heavy atom. The fraction of sp³-hybridized carbons (Fsp3) is 0.900. The van der Waals surface area contributed by atoms with Crippen LogP contribution in [0.15, 0.2) is 0 Å². The molecule has 1 aliphatic rings. The van der Waals surface area contributed by atoms with Gasteiger partial charge in [0.1, 0.15) is 6.61 Å². The van der Waals surface area contributed by atoms with E-state index in [9.17, 15) is 4.79 Å². The molecule has 0 spiro atoms. The normalized spacial score (nSPS) is 20.9. The van der Waals surface area contributed by atoms with Crippen LogP contribution in [0.2, 0.25) is 0 Å². The van der Waals surface area contributed by atoms with Crippen molar-refractivity contribution in [2.24, 2.45) is 0 Å². The second-order valence-corrected chi connectivity index (χ2v) is 4.17. The summed E-state index contributed by atoms with van der Waals surface area (Å²) in [5.41, 5.74) is -0.0908. The van der Waals surface area contributed by atoms with Gasteiger partial charge in [0.25, 0.3) is 0 Å². The average Bonchev–Trinajstić information content (AvgIpc) is 2.13. The van der Waals surface area contributed by atoms with E-state index < -0.39 is 0 Å².